The van der Waals surface area contributed by atoms with E-state index in [4.69, 9.17) is 19.2 Å². The first-order valence-electron chi connectivity index (χ1n) is 22.9. The highest BCUT2D eigenvalue weighted by Gasteiger charge is 2.55. The number of pyridine rings is 2. The quantitative estimate of drug-likeness (QED) is 0.0957. The van der Waals surface area contributed by atoms with Gasteiger partial charge in [-0.1, -0.05) is 30.3 Å². The van der Waals surface area contributed by atoms with Crippen LogP contribution in [0.5, 0.6) is 11.6 Å². The number of carbonyl (C=O) groups excluding carboxylic acids is 1. The zero-order chi connectivity index (χ0) is 45.6. The largest absolute Gasteiger partial charge is 0.489 e. The van der Waals surface area contributed by atoms with Gasteiger partial charge in [0.2, 0.25) is 5.88 Å². The van der Waals surface area contributed by atoms with Crippen LogP contribution in [0.4, 0.5) is 28.4 Å². The number of nitro groups is 1. The van der Waals surface area contributed by atoms with Gasteiger partial charge in [0, 0.05) is 78.3 Å². The van der Waals surface area contributed by atoms with Crippen LogP contribution in [0, 0.1) is 22.5 Å². The molecule has 4 fully saturated rings. The van der Waals surface area contributed by atoms with Gasteiger partial charge in [0.15, 0.2) is 11.4 Å². The van der Waals surface area contributed by atoms with Crippen molar-refractivity contribution in [2.75, 3.05) is 54.6 Å². The lowest BCUT2D eigenvalue weighted by molar-refractivity contribution is -0.384. The summed E-state index contributed by atoms with van der Waals surface area (Å²) in [5, 5.41) is 16.4. The second-order valence-electron chi connectivity index (χ2n) is 18.9. The van der Waals surface area contributed by atoms with Crippen LogP contribution in [-0.2, 0) is 21.2 Å². The minimum absolute atomic E-state index is 0.0123. The summed E-state index contributed by atoms with van der Waals surface area (Å²) < 4.78 is 49.0. The molecule has 0 unspecified atom stereocenters. The molecule has 1 saturated carbocycles. The summed E-state index contributed by atoms with van der Waals surface area (Å²) in [6.07, 6.45) is 8.10. The van der Waals surface area contributed by atoms with Crippen LogP contribution in [0.3, 0.4) is 0 Å². The Morgan fingerprint density at radius 1 is 1.00 bits per heavy atom. The Morgan fingerprint density at radius 2 is 1.85 bits per heavy atom. The molecule has 67 heavy (non-hydrogen) atoms. The summed E-state index contributed by atoms with van der Waals surface area (Å²) in [6.45, 7) is 5.76. The first kappa shape index (κ1) is 41.7. The fourth-order valence-electron chi connectivity index (χ4n) is 11.4. The van der Waals surface area contributed by atoms with Gasteiger partial charge in [-0.25, -0.2) is 13.1 Å². The maximum Gasteiger partial charge on any atom is 0.297 e. The highest BCUT2D eigenvalue weighted by atomic mass is 32.2. The Morgan fingerprint density at radius 3 is 2.67 bits per heavy atom. The average molecular weight is 924 g/mol. The average Bonchev–Trinajstić information content (AvgIpc) is 4.08. The van der Waals surface area contributed by atoms with Crippen LogP contribution >= 0.6 is 0 Å². The van der Waals surface area contributed by atoms with Crippen molar-refractivity contribution in [1.82, 2.24) is 24.6 Å². The molecule has 1 spiro atoms. The number of benzene rings is 3. The van der Waals surface area contributed by atoms with Crippen LogP contribution < -0.4 is 29.3 Å². The molecule has 3 saturated heterocycles. The number of ether oxygens (including phenoxy) is 3. The number of H-pyrrole nitrogens is 1. The highest BCUT2D eigenvalue weighted by Crippen LogP contribution is 2.55. The molecular weight excluding hydrogens is 875 g/mol. The third-order valence-electron chi connectivity index (χ3n) is 14.6. The van der Waals surface area contributed by atoms with E-state index < -0.39 is 37.5 Å². The molecule has 8 heterocycles. The van der Waals surface area contributed by atoms with Gasteiger partial charge in [-0.05, 0) is 92.7 Å². The summed E-state index contributed by atoms with van der Waals surface area (Å²) in [4.78, 5) is 45.3. The molecule has 18 heteroatoms. The van der Waals surface area contributed by atoms with E-state index in [2.05, 4.69) is 61.0 Å². The van der Waals surface area contributed by atoms with Gasteiger partial charge < -0.3 is 34.3 Å². The first-order valence-corrected chi connectivity index (χ1v) is 24.4. The van der Waals surface area contributed by atoms with E-state index in [0.717, 1.165) is 55.3 Å². The van der Waals surface area contributed by atoms with E-state index >= 15 is 0 Å². The van der Waals surface area contributed by atoms with E-state index in [1.54, 1.807) is 24.5 Å². The van der Waals surface area contributed by atoms with Crippen LogP contribution in [0.1, 0.15) is 58.9 Å². The first-order chi connectivity index (χ1) is 32.5. The Hall–Kier alpha value is -6.76. The molecule has 5 aliphatic heterocycles. The second kappa shape index (κ2) is 16.0. The third kappa shape index (κ3) is 7.28. The summed E-state index contributed by atoms with van der Waals surface area (Å²) in [5.41, 5.74) is 5.99. The zero-order valence-corrected chi connectivity index (χ0v) is 37.6. The number of amides is 1. The molecule has 1 aliphatic carbocycles. The van der Waals surface area contributed by atoms with Crippen molar-refractivity contribution in [1.29, 1.82) is 0 Å². The maximum atomic E-state index is 14.6. The normalized spacial score (nSPS) is 23.0. The van der Waals surface area contributed by atoms with Gasteiger partial charge in [0.1, 0.15) is 24.0 Å². The van der Waals surface area contributed by atoms with Crippen molar-refractivity contribution in [3.8, 4) is 11.6 Å². The number of anilines is 4. The summed E-state index contributed by atoms with van der Waals surface area (Å²) in [5.74, 6) is -0.564. The molecule has 344 valence electrons. The van der Waals surface area contributed by atoms with Crippen molar-refractivity contribution >= 4 is 55.4 Å². The summed E-state index contributed by atoms with van der Waals surface area (Å²) in [7, 11) is -4.69. The SMILES string of the molecule is Cc1ccccc1[C@@H]1CCCN1C1CC2(C1)CN(c1ccc(C(=O)NS(=O)(=O)c3cc4c(c([N+](=O)[O-])c3)N[C@H](Cc3ccccn3)CO4)c(N3c4cc5cc[nH]c5nc4O[C@H]4COC[C@@H]43)c1)C2. The molecule has 1 amide bonds. The van der Waals surface area contributed by atoms with Gasteiger partial charge in [-0.15, -0.1) is 0 Å². The Balaban J connectivity index is 0.844. The monoisotopic (exact) mass is 923 g/mol. The van der Waals surface area contributed by atoms with Crippen LogP contribution in [0.15, 0.2) is 102 Å². The summed E-state index contributed by atoms with van der Waals surface area (Å²) in [6, 6.07) is 26.0. The molecule has 12 rings (SSSR count). The fraction of sp³-hybridized carbons (Fsp3) is 0.367. The van der Waals surface area contributed by atoms with E-state index in [0.29, 0.717) is 54.6 Å². The number of nitrogens with zero attached hydrogens (tertiary/aromatic N) is 6. The van der Waals surface area contributed by atoms with E-state index in [1.807, 2.05) is 41.3 Å². The minimum atomic E-state index is -4.69. The van der Waals surface area contributed by atoms with Crippen LogP contribution in [0.2, 0.25) is 0 Å². The molecule has 3 N–H and O–H groups in total. The fourth-order valence-corrected chi connectivity index (χ4v) is 12.4. The predicted molar refractivity (Wildman–Crippen MR) is 250 cm³/mol. The number of rotatable bonds is 10. The predicted octanol–water partition coefficient (Wildman–Crippen LogP) is 6.81. The van der Waals surface area contributed by atoms with Gasteiger partial charge in [0.05, 0.1) is 46.4 Å². The van der Waals surface area contributed by atoms with E-state index in [9.17, 15) is 23.3 Å². The Bertz CT molecular complexity index is 3060. The van der Waals surface area contributed by atoms with Gasteiger partial charge in [-0.3, -0.25) is 24.8 Å². The number of hydrogen-bond acceptors (Lipinski definition) is 14. The van der Waals surface area contributed by atoms with Crippen molar-refractivity contribution in [2.45, 2.75) is 74.2 Å². The number of aromatic nitrogens is 3. The highest BCUT2D eigenvalue weighted by molar-refractivity contribution is 7.90. The lowest BCUT2D eigenvalue weighted by atomic mass is 9.60. The number of nitro benzene ring substituents is 1. The molecule has 3 aromatic carbocycles. The number of hydrogen-bond donors (Lipinski definition) is 3. The number of sulfonamides is 1. The molecule has 4 atom stereocenters. The number of fused-ring (bicyclic) bond motifs is 4. The topological polar surface area (TPSA) is 197 Å². The number of aromatic amines is 1. The Labute approximate surface area is 386 Å². The third-order valence-corrected chi connectivity index (χ3v) is 16.0. The van der Waals surface area contributed by atoms with E-state index in [-0.39, 0.29) is 41.1 Å². The van der Waals surface area contributed by atoms with Crippen LogP contribution in [0.25, 0.3) is 11.0 Å². The molecule has 6 aromatic rings. The minimum Gasteiger partial charge on any atom is -0.489 e. The molecular formula is C49H49N9O8S. The van der Waals surface area contributed by atoms with Crippen molar-refractivity contribution < 1.29 is 32.3 Å². The van der Waals surface area contributed by atoms with Gasteiger partial charge in [-0.2, -0.15) is 4.98 Å². The lowest BCUT2D eigenvalue weighted by Crippen LogP contribution is -2.66. The van der Waals surface area contributed by atoms with Crippen LogP contribution in [-0.4, -0.2) is 103 Å². The van der Waals surface area contributed by atoms with Crippen molar-refractivity contribution in [2.24, 2.45) is 5.41 Å². The lowest BCUT2D eigenvalue weighted by Gasteiger charge is -2.62. The van der Waals surface area contributed by atoms with Crippen molar-refractivity contribution in [3.63, 3.8) is 0 Å². The smallest absolute Gasteiger partial charge is 0.297 e. The number of aryl methyl sites for hydroxylation is 1. The molecule has 3 aromatic heterocycles. The summed E-state index contributed by atoms with van der Waals surface area (Å²) >= 11 is 0. The van der Waals surface area contributed by atoms with Gasteiger partial charge >= 0.3 is 0 Å². The molecule has 6 aliphatic rings. The number of carbonyl (C=O) groups is 1. The standard InChI is InChI=1S/C49H49N9O8S/c1-29-7-2-3-9-36(29)38-10-6-16-56(38)34-22-49(23-34)27-55(28-49)33-11-12-37(39(19-33)57-41-17-30-13-15-51-46(30)53-48(41)66-44-26-64-25-42(44)57)47(59)54-67(62,63)35-20-40(58(60)61)45-43(21-35)65-24-32(52-45)18-31-8-4-5-14-50-31/h2-5,7-9,11-15,17,19-21,32,34,38,42,44,52H,6,10,16,18,22-28H2,1H3,(H,51,53)(H,54,59)/t32-,38+,42+,44+/m1/s1. The van der Waals surface area contributed by atoms with Crippen molar-refractivity contribution in [3.05, 3.63) is 130 Å². The Kier molecular flexibility index (Phi) is 9.92. The zero-order valence-electron chi connectivity index (χ0n) is 36.8. The number of likely N-dealkylation sites (tertiary alicyclic amines) is 1. The number of nitrogens with one attached hydrogen (secondary N) is 3. The molecule has 0 radical (unpaired) electrons. The van der Waals surface area contributed by atoms with Gasteiger partial charge in [0.25, 0.3) is 21.6 Å². The molecule has 17 nitrogen and oxygen atoms in total. The molecule has 0 bridgehead atoms. The maximum absolute atomic E-state index is 14.6. The van der Waals surface area contributed by atoms with E-state index in [1.165, 1.54) is 30.0 Å². The second-order valence-corrected chi connectivity index (χ2v) is 20.6.